The molecule has 2 aromatic rings. The van der Waals surface area contributed by atoms with Gasteiger partial charge in [0.05, 0.1) is 32.0 Å². The average molecular weight is 533 g/mol. The first-order chi connectivity index (χ1) is 18.2. The van der Waals surface area contributed by atoms with Crippen molar-refractivity contribution in [3.8, 4) is 0 Å². The predicted molar refractivity (Wildman–Crippen MR) is 155 cm³/mol. The van der Waals surface area contributed by atoms with E-state index in [1.165, 1.54) is 11.1 Å². The minimum absolute atomic E-state index is 0.0315. The Morgan fingerprint density at radius 3 is 2.03 bits per heavy atom. The highest BCUT2D eigenvalue weighted by Crippen LogP contribution is 2.53. The Morgan fingerprint density at radius 2 is 1.47 bits per heavy atom. The van der Waals surface area contributed by atoms with Gasteiger partial charge >= 0.3 is 0 Å². The van der Waals surface area contributed by atoms with Gasteiger partial charge in [0.15, 0.2) is 8.32 Å². The van der Waals surface area contributed by atoms with Crippen LogP contribution in [0.25, 0.3) is 0 Å². The van der Waals surface area contributed by atoms with Gasteiger partial charge in [0.1, 0.15) is 5.60 Å². The molecule has 1 aliphatic heterocycles. The van der Waals surface area contributed by atoms with E-state index in [1.54, 1.807) is 0 Å². The van der Waals surface area contributed by atoms with Crippen molar-refractivity contribution in [3.05, 3.63) is 96.1 Å². The Labute approximate surface area is 230 Å². The van der Waals surface area contributed by atoms with Crippen molar-refractivity contribution in [3.63, 3.8) is 0 Å². The molecule has 2 aliphatic carbocycles. The van der Waals surface area contributed by atoms with E-state index in [1.807, 2.05) is 6.07 Å². The van der Waals surface area contributed by atoms with Gasteiger partial charge in [-0.15, -0.1) is 0 Å². The summed E-state index contributed by atoms with van der Waals surface area (Å²) in [5, 5.41) is 0.170. The lowest BCUT2D eigenvalue weighted by Gasteiger charge is -2.45. The van der Waals surface area contributed by atoms with Gasteiger partial charge in [0, 0.05) is 30.8 Å². The fourth-order valence-corrected chi connectivity index (χ4v) is 7.08. The van der Waals surface area contributed by atoms with Gasteiger partial charge in [-0.05, 0) is 29.3 Å². The van der Waals surface area contributed by atoms with Crippen LogP contribution in [-0.2, 0) is 31.9 Å². The highest BCUT2D eigenvalue weighted by molar-refractivity contribution is 6.74. The Balaban J connectivity index is 1.42. The fourth-order valence-electron chi connectivity index (χ4n) is 6.04. The van der Waals surface area contributed by atoms with Crippen LogP contribution in [0.4, 0.5) is 0 Å². The smallest absolute Gasteiger partial charge is 0.192 e. The molecule has 38 heavy (non-hydrogen) atoms. The monoisotopic (exact) mass is 532 g/mol. The van der Waals surface area contributed by atoms with Gasteiger partial charge in [-0.1, -0.05) is 106 Å². The van der Waals surface area contributed by atoms with Crippen molar-refractivity contribution in [2.75, 3.05) is 13.2 Å². The fraction of sp³-hybridized carbons (Fsp3) is 0.515. The summed E-state index contributed by atoms with van der Waals surface area (Å²) in [5.74, 6) is 0.671. The van der Waals surface area contributed by atoms with E-state index in [0.717, 1.165) is 6.42 Å². The maximum Gasteiger partial charge on any atom is 0.192 e. The second kappa shape index (κ2) is 11.2. The lowest BCUT2D eigenvalue weighted by molar-refractivity contribution is -0.0914. The number of rotatable bonds is 9. The molecule has 0 aromatic heterocycles. The molecule has 5 rings (SSSR count). The van der Waals surface area contributed by atoms with Crippen LogP contribution < -0.4 is 0 Å². The highest BCUT2D eigenvalue weighted by atomic mass is 28.4. The van der Waals surface area contributed by atoms with Crippen molar-refractivity contribution < 1.29 is 18.6 Å². The van der Waals surface area contributed by atoms with E-state index in [2.05, 4.69) is 113 Å². The van der Waals surface area contributed by atoms with Crippen LogP contribution in [0.15, 0.2) is 85.0 Å². The molecule has 204 valence electrons. The van der Waals surface area contributed by atoms with Gasteiger partial charge in [0.25, 0.3) is 0 Å². The normalized spacial score (nSPS) is 30.7. The van der Waals surface area contributed by atoms with Crippen LogP contribution in [0.1, 0.15) is 38.3 Å². The summed E-state index contributed by atoms with van der Waals surface area (Å²) >= 11 is 0. The number of fused-ring (bicyclic) bond motifs is 2. The third-order valence-electron chi connectivity index (χ3n) is 9.19. The first-order valence-corrected chi connectivity index (χ1v) is 17.1. The minimum atomic E-state index is -1.89. The third kappa shape index (κ3) is 5.78. The van der Waals surface area contributed by atoms with E-state index in [9.17, 15) is 0 Å². The molecule has 1 spiro atoms. The van der Waals surface area contributed by atoms with Crippen molar-refractivity contribution in [2.45, 2.75) is 76.3 Å². The van der Waals surface area contributed by atoms with Crippen molar-refractivity contribution >= 4 is 8.32 Å². The molecule has 1 heterocycles. The molecule has 2 aromatic carbocycles. The van der Waals surface area contributed by atoms with E-state index in [0.29, 0.717) is 26.4 Å². The third-order valence-corrected chi connectivity index (χ3v) is 13.7. The molecule has 5 heteroatoms. The summed E-state index contributed by atoms with van der Waals surface area (Å²) < 4.78 is 26.7. The second-order valence-electron chi connectivity index (χ2n) is 12.7. The summed E-state index contributed by atoms with van der Waals surface area (Å²) in [5.41, 5.74) is 1.95. The maximum absolute atomic E-state index is 6.80. The first-order valence-electron chi connectivity index (χ1n) is 14.1. The van der Waals surface area contributed by atoms with E-state index in [-0.39, 0.29) is 35.0 Å². The quantitative estimate of drug-likeness (QED) is 0.250. The van der Waals surface area contributed by atoms with Crippen LogP contribution in [0, 0.1) is 17.8 Å². The molecule has 0 radical (unpaired) electrons. The van der Waals surface area contributed by atoms with Crippen molar-refractivity contribution in [2.24, 2.45) is 17.8 Å². The zero-order valence-corrected chi connectivity index (χ0v) is 24.6. The van der Waals surface area contributed by atoms with Crippen LogP contribution in [0.5, 0.6) is 0 Å². The van der Waals surface area contributed by atoms with Gasteiger partial charge in [-0.25, -0.2) is 0 Å². The zero-order valence-electron chi connectivity index (χ0n) is 23.6. The van der Waals surface area contributed by atoms with Crippen LogP contribution in [0.2, 0.25) is 18.1 Å². The summed E-state index contributed by atoms with van der Waals surface area (Å²) in [4.78, 5) is 0. The highest BCUT2D eigenvalue weighted by Gasteiger charge is 2.58. The number of ether oxygens (including phenoxy) is 3. The number of hydrogen-bond acceptors (Lipinski definition) is 4. The summed E-state index contributed by atoms with van der Waals surface area (Å²) in [6.07, 6.45) is 9.99. The molecule has 0 bridgehead atoms. The lowest BCUT2D eigenvalue weighted by Crippen LogP contribution is -2.50. The largest absolute Gasteiger partial charge is 0.416 e. The molecule has 4 nitrogen and oxygen atoms in total. The second-order valence-corrected chi connectivity index (χ2v) is 17.5. The first kappa shape index (κ1) is 27.5. The Kier molecular flexibility index (Phi) is 8.14. The average Bonchev–Trinajstić information content (AvgIpc) is 3.52. The number of benzene rings is 2. The molecule has 1 saturated carbocycles. The van der Waals surface area contributed by atoms with E-state index < -0.39 is 13.9 Å². The molecule has 3 aliphatic rings. The molecular weight excluding hydrogens is 488 g/mol. The van der Waals surface area contributed by atoms with E-state index >= 15 is 0 Å². The molecular formula is C33H44O4Si. The lowest BCUT2D eigenvalue weighted by atomic mass is 9.68. The summed E-state index contributed by atoms with van der Waals surface area (Å²) in [6, 6.07) is 20.9. The summed E-state index contributed by atoms with van der Waals surface area (Å²) in [6.45, 7) is 14.1. The molecule has 0 N–H and O–H groups in total. The van der Waals surface area contributed by atoms with Gasteiger partial charge in [-0.2, -0.15) is 0 Å². The number of hydrogen-bond donors (Lipinski definition) is 0. The minimum Gasteiger partial charge on any atom is -0.416 e. The Hall–Kier alpha value is -2.02. The van der Waals surface area contributed by atoms with Crippen molar-refractivity contribution in [1.29, 1.82) is 0 Å². The standard InChI is InChI=1S/C33H44O4Si/c1-32(2,3)38(4,5)37-24-27-17-19-33(18-12-20-36-33)31-29(35-23-26-15-10-7-11-16-26)21-28(30(27)31)34-22-25-13-8-6-9-14-25/h6-19,27-31H,20-24H2,1-5H3/t27-,28+,29-,30+,31-,33+/m1/s1. The topological polar surface area (TPSA) is 36.9 Å². The molecule has 6 atom stereocenters. The van der Waals surface area contributed by atoms with Crippen LogP contribution in [-0.4, -0.2) is 39.3 Å². The SMILES string of the molecule is CC(C)(C)[Si](C)(C)OC[C@H]1C=C[C@@]2(C=CCO2)[C@H]2[C@@H]1[C@@H](OCc1ccccc1)C[C@H]2OCc1ccccc1. The van der Waals surface area contributed by atoms with Crippen molar-refractivity contribution in [1.82, 2.24) is 0 Å². The van der Waals surface area contributed by atoms with Gasteiger partial charge in [0.2, 0.25) is 0 Å². The molecule has 0 saturated heterocycles. The molecule has 0 unspecified atom stereocenters. The van der Waals surface area contributed by atoms with Crippen LogP contribution in [0.3, 0.4) is 0 Å². The van der Waals surface area contributed by atoms with Gasteiger partial charge < -0.3 is 18.6 Å². The van der Waals surface area contributed by atoms with E-state index in [4.69, 9.17) is 18.6 Å². The maximum atomic E-state index is 6.80. The molecule has 0 amide bonds. The predicted octanol–water partition coefficient (Wildman–Crippen LogP) is 7.33. The Morgan fingerprint density at radius 1 is 0.868 bits per heavy atom. The molecule has 1 fully saturated rings. The van der Waals surface area contributed by atoms with Crippen LogP contribution >= 0.6 is 0 Å². The zero-order chi connectivity index (χ0) is 26.8. The van der Waals surface area contributed by atoms with Gasteiger partial charge in [-0.3, -0.25) is 0 Å². The Bertz CT molecular complexity index is 1110. The summed E-state index contributed by atoms with van der Waals surface area (Å²) in [7, 11) is -1.89.